The Balaban J connectivity index is 0.00000312. The van der Waals surface area contributed by atoms with Crippen LogP contribution in [0.15, 0.2) is 4.99 Å². The van der Waals surface area contributed by atoms with Crippen molar-refractivity contribution in [3.8, 4) is 0 Å². The second-order valence-electron chi connectivity index (χ2n) is 6.76. The molecule has 2 aliphatic rings. The summed E-state index contributed by atoms with van der Waals surface area (Å²) in [7, 11) is 3.63. The van der Waals surface area contributed by atoms with Crippen molar-refractivity contribution in [3.63, 3.8) is 0 Å². The number of hydrogen-bond donors (Lipinski definition) is 1. The third kappa shape index (κ3) is 7.56. The van der Waals surface area contributed by atoms with Crippen LogP contribution in [0.4, 0.5) is 0 Å². The number of rotatable bonds is 8. The Hall–Kier alpha value is -0.120. The first-order chi connectivity index (χ1) is 11.8. The van der Waals surface area contributed by atoms with Crippen LogP contribution in [0, 0.1) is 0 Å². The molecular weight excluding hydrogens is 431 g/mol. The van der Waals surface area contributed by atoms with E-state index in [9.17, 15) is 0 Å². The standard InChI is InChI=1S/C18H36N4O2.HI/c1-4-21-10-5-7-16(21)15-20-18(19-2)22-11-8-17(9-12-22)24-14-6-13-23-3;/h16-17H,4-15H2,1-3H3,(H,19,20);1H. The maximum Gasteiger partial charge on any atom is 0.193 e. The molecule has 2 aliphatic heterocycles. The van der Waals surface area contributed by atoms with E-state index in [4.69, 9.17) is 9.47 Å². The normalized spacial score (nSPS) is 22.9. The molecule has 2 fully saturated rings. The van der Waals surface area contributed by atoms with E-state index in [2.05, 4.69) is 27.0 Å². The van der Waals surface area contributed by atoms with E-state index < -0.39 is 0 Å². The third-order valence-corrected chi connectivity index (χ3v) is 5.20. The van der Waals surface area contributed by atoms with E-state index in [1.807, 2.05) is 7.05 Å². The van der Waals surface area contributed by atoms with Gasteiger partial charge in [0.15, 0.2) is 5.96 Å². The van der Waals surface area contributed by atoms with Gasteiger partial charge in [-0.3, -0.25) is 9.89 Å². The highest BCUT2D eigenvalue weighted by atomic mass is 127. The van der Waals surface area contributed by atoms with Crippen molar-refractivity contribution in [2.45, 2.75) is 51.2 Å². The van der Waals surface area contributed by atoms with Crippen LogP contribution in [0.3, 0.4) is 0 Å². The lowest BCUT2D eigenvalue weighted by atomic mass is 10.1. The average Bonchev–Trinajstić information content (AvgIpc) is 3.08. The van der Waals surface area contributed by atoms with Gasteiger partial charge in [0.2, 0.25) is 0 Å². The van der Waals surface area contributed by atoms with Crippen LogP contribution in [0.5, 0.6) is 0 Å². The molecule has 0 radical (unpaired) electrons. The number of nitrogens with one attached hydrogen (secondary N) is 1. The highest BCUT2D eigenvalue weighted by Gasteiger charge is 2.25. The molecule has 0 aromatic rings. The molecule has 0 bridgehead atoms. The van der Waals surface area contributed by atoms with Gasteiger partial charge in [0.25, 0.3) is 0 Å². The van der Waals surface area contributed by atoms with Gasteiger partial charge in [0, 0.05) is 53.0 Å². The number of nitrogens with zero attached hydrogens (tertiary/aromatic N) is 3. The fourth-order valence-corrected chi connectivity index (χ4v) is 3.77. The number of likely N-dealkylation sites (N-methyl/N-ethyl adjacent to an activating group) is 1. The molecule has 0 saturated carbocycles. The summed E-state index contributed by atoms with van der Waals surface area (Å²) in [6.07, 6.45) is 6.16. The molecule has 1 unspecified atom stereocenters. The molecule has 7 heteroatoms. The fraction of sp³-hybridized carbons (Fsp3) is 0.944. The minimum absolute atomic E-state index is 0. The van der Waals surface area contributed by atoms with Crippen LogP contribution in [0.25, 0.3) is 0 Å². The lowest BCUT2D eigenvalue weighted by molar-refractivity contribution is 0.00987. The second kappa shape index (κ2) is 13.1. The van der Waals surface area contributed by atoms with Crippen molar-refractivity contribution in [1.82, 2.24) is 15.1 Å². The van der Waals surface area contributed by atoms with Gasteiger partial charge < -0.3 is 19.7 Å². The molecule has 0 aromatic heterocycles. The van der Waals surface area contributed by atoms with Crippen LogP contribution in [0.2, 0.25) is 0 Å². The second-order valence-corrected chi connectivity index (χ2v) is 6.76. The number of likely N-dealkylation sites (tertiary alicyclic amines) is 2. The zero-order valence-corrected chi connectivity index (χ0v) is 18.5. The van der Waals surface area contributed by atoms with Crippen LogP contribution >= 0.6 is 24.0 Å². The largest absolute Gasteiger partial charge is 0.385 e. The molecule has 2 rings (SSSR count). The molecule has 0 aromatic carbocycles. The predicted octanol–water partition coefficient (Wildman–Crippen LogP) is 2.18. The maximum absolute atomic E-state index is 5.94. The number of hydrogen-bond acceptors (Lipinski definition) is 4. The average molecular weight is 468 g/mol. The van der Waals surface area contributed by atoms with Gasteiger partial charge in [0.05, 0.1) is 6.10 Å². The summed E-state index contributed by atoms with van der Waals surface area (Å²) >= 11 is 0. The zero-order valence-electron chi connectivity index (χ0n) is 16.2. The Morgan fingerprint density at radius 1 is 1.16 bits per heavy atom. The summed E-state index contributed by atoms with van der Waals surface area (Å²) in [5, 5.41) is 3.60. The predicted molar refractivity (Wildman–Crippen MR) is 114 cm³/mol. The van der Waals surface area contributed by atoms with Crippen molar-refractivity contribution >= 4 is 29.9 Å². The molecule has 0 amide bonds. The van der Waals surface area contributed by atoms with E-state index in [1.165, 1.54) is 19.4 Å². The number of methoxy groups -OCH3 is 1. The summed E-state index contributed by atoms with van der Waals surface area (Å²) in [5.41, 5.74) is 0. The van der Waals surface area contributed by atoms with Gasteiger partial charge in [-0.2, -0.15) is 0 Å². The van der Waals surface area contributed by atoms with Crippen molar-refractivity contribution in [1.29, 1.82) is 0 Å². The molecule has 0 spiro atoms. The molecule has 0 aliphatic carbocycles. The van der Waals surface area contributed by atoms with E-state index in [0.29, 0.717) is 12.1 Å². The SMILES string of the molecule is CCN1CCCC1CNC(=NC)N1CCC(OCCCOC)CC1.I. The minimum Gasteiger partial charge on any atom is -0.385 e. The molecular formula is C18H37IN4O2. The third-order valence-electron chi connectivity index (χ3n) is 5.20. The topological polar surface area (TPSA) is 49.3 Å². The maximum atomic E-state index is 5.94. The quantitative estimate of drug-likeness (QED) is 0.256. The Morgan fingerprint density at radius 2 is 1.92 bits per heavy atom. The summed E-state index contributed by atoms with van der Waals surface area (Å²) in [5.74, 6) is 1.05. The van der Waals surface area contributed by atoms with Gasteiger partial charge in [-0.25, -0.2) is 0 Å². The minimum atomic E-state index is 0. The first-order valence-electron chi connectivity index (χ1n) is 9.58. The summed E-state index contributed by atoms with van der Waals surface area (Å²) in [6, 6.07) is 0.661. The molecule has 2 heterocycles. The number of ether oxygens (including phenoxy) is 2. The Labute approximate surface area is 170 Å². The van der Waals surface area contributed by atoms with Crippen LogP contribution in [-0.2, 0) is 9.47 Å². The Morgan fingerprint density at radius 3 is 2.56 bits per heavy atom. The Kier molecular flexibility index (Phi) is 12.0. The molecule has 2 saturated heterocycles. The number of aliphatic imine (C=N–C) groups is 1. The zero-order chi connectivity index (χ0) is 17.2. The lowest BCUT2D eigenvalue weighted by Gasteiger charge is -2.35. The summed E-state index contributed by atoms with van der Waals surface area (Å²) in [4.78, 5) is 9.44. The monoisotopic (exact) mass is 468 g/mol. The summed E-state index contributed by atoms with van der Waals surface area (Å²) < 4.78 is 11.0. The van der Waals surface area contributed by atoms with Crippen LogP contribution in [-0.4, -0.2) is 88.0 Å². The smallest absolute Gasteiger partial charge is 0.193 e. The van der Waals surface area contributed by atoms with E-state index in [0.717, 1.165) is 64.6 Å². The number of piperidine rings is 1. The van der Waals surface area contributed by atoms with Crippen LogP contribution in [0.1, 0.15) is 39.0 Å². The Bertz CT molecular complexity index is 376. The first kappa shape index (κ1) is 22.9. The van der Waals surface area contributed by atoms with Gasteiger partial charge in [-0.1, -0.05) is 6.92 Å². The fourth-order valence-electron chi connectivity index (χ4n) is 3.77. The van der Waals surface area contributed by atoms with Crippen molar-refractivity contribution in [2.24, 2.45) is 4.99 Å². The van der Waals surface area contributed by atoms with E-state index in [-0.39, 0.29) is 24.0 Å². The van der Waals surface area contributed by atoms with Gasteiger partial charge >= 0.3 is 0 Å². The van der Waals surface area contributed by atoms with E-state index >= 15 is 0 Å². The van der Waals surface area contributed by atoms with Gasteiger partial charge in [0.1, 0.15) is 0 Å². The molecule has 148 valence electrons. The molecule has 6 nitrogen and oxygen atoms in total. The molecule has 25 heavy (non-hydrogen) atoms. The number of guanidine groups is 1. The summed E-state index contributed by atoms with van der Waals surface area (Å²) in [6.45, 7) is 9.29. The number of halogens is 1. The van der Waals surface area contributed by atoms with Crippen molar-refractivity contribution in [2.75, 3.05) is 60.1 Å². The first-order valence-corrected chi connectivity index (χ1v) is 9.58. The van der Waals surface area contributed by atoms with Gasteiger partial charge in [-0.05, 0) is 45.2 Å². The van der Waals surface area contributed by atoms with Crippen molar-refractivity contribution < 1.29 is 9.47 Å². The highest BCUT2D eigenvalue weighted by molar-refractivity contribution is 14.0. The highest BCUT2D eigenvalue weighted by Crippen LogP contribution is 2.17. The molecule has 1 N–H and O–H groups in total. The van der Waals surface area contributed by atoms with Crippen LogP contribution < -0.4 is 5.32 Å². The van der Waals surface area contributed by atoms with E-state index in [1.54, 1.807) is 7.11 Å². The molecule has 1 atom stereocenters. The lowest BCUT2D eigenvalue weighted by Crippen LogP contribution is -2.50. The van der Waals surface area contributed by atoms with Gasteiger partial charge in [-0.15, -0.1) is 24.0 Å². The van der Waals surface area contributed by atoms with Crippen molar-refractivity contribution in [3.05, 3.63) is 0 Å².